The molecule has 0 aliphatic heterocycles. The van der Waals surface area contributed by atoms with E-state index in [4.69, 9.17) is 4.98 Å². The zero-order valence-corrected chi connectivity index (χ0v) is 17.5. The fourth-order valence-corrected chi connectivity index (χ4v) is 4.74. The van der Waals surface area contributed by atoms with Gasteiger partial charge in [-0.3, -0.25) is 9.47 Å². The van der Waals surface area contributed by atoms with Crippen molar-refractivity contribution in [2.75, 3.05) is 14.1 Å². The number of nitrogens with zero attached hydrogens (tertiary/aromatic N) is 5. The molecular weight excluding hydrogens is 393 g/mol. The summed E-state index contributed by atoms with van der Waals surface area (Å²) in [4.78, 5) is 6.77. The van der Waals surface area contributed by atoms with Crippen molar-refractivity contribution >= 4 is 33.3 Å². The number of thiazole rings is 1. The van der Waals surface area contributed by atoms with Gasteiger partial charge in [-0.15, -0.1) is 21.5 Å². The normalized spacial score (nSPS) is 12.8. The number of hydrogen-bond acceptors (Lipinski definition) is 6. The molecule has 0 fully saturated rings. The highest BCUT2D eigenvalue weighted by molar-refractivity contribution is 7.98. The Bertz CT molecular complexity index is 1050. The van der Waals surface area contributed by atoms with Crippen LogP contribution in [0, 0.1) is 5.82 Å². The van der Waals surface area contributed by atoms with Gasteiger partial charge in [-0.2, -0.15) is 0 Å². The van der Waals surface area contributed by atoms with Crippen molar-refractivity contribution in [1.29, 1.82) is 0 Å². The minimum atomic E-state index is -0.261. The molecule has 0 spiro atoms. The summed E-state index contributed by atoms with van der Waals surface area (Å²) in [7, 11) is 4.00. The number of benzene rings is 2. The third-order valence-electron chi connectivity index (χ3n) is 4.55. The molecule has 4 rings (SSSR count). The molecule has 4 aromatic rings. The standard InChI is InChI=1S/C20H20FN5S2/c1-13(25(2)3)19-23-24-20(26(19)15-10-8-14(21)9-11-15)27-12-18-22-16-6-4-5-7-17(16)28-18/h4-11,13H,12H2,1-3H3/t13-/m1/s1. The van der Waals surface area contributed by atoms with E-state index in [1.165, 1.54) is 16.8 Å². The van der Waals surface area contributed by atoms with Crippen LogP contribution in [0.1, 0.15) is 23.8 Å². The largest absolute Gasteiger partial charge is 0.300 e. The monoisotopic (exact) mass is 413 g/mol. The number of halogens is 1. The van der Waals surface area contributed by atoms with E-state index in [9.17, 15) is 4.39 Å². The van der Waals surface area contributed by atoms with Gasteiger partial charge < -0.3 is 0 Å². The van der Waals surface area contributed by atoms with E-state index in [2.05, 4.69) is 28.1 Å². The van der Waals surface area contributed by atoms with E-state index in [0.29, 0.717) is 5.75 Å². The molecule has 0 radical (unpaired) electrons. The first-order valence-electron chi connectivity index (χ1n) is 8.88. The smallest absolute Gasteiger partial charge is 0.196 e. The second kappa shape index (κ2) is 7.98. The second-order valence-electron chi connectivity index (χ2n) is 6.66. The van der Waals surface area contributed by atoms with E-state index in [1.807, 2.05) is 36.9 Å². The molecule has 8 heteroatoms. The first kappa shape index (κ1) is 19.0. The van der Waals surface area contributed by atoms with Crippen molar-refractivity contribution in [3.63, 3.8) is 0 Å². The first-order valence-corrected chi connectivity index (χ1v) is 10.7. The number of fused-ring (bicyclic) bond motifs is 1. The number of thioether (sulfide) groups is 1. The van der Waals surface area contributed by atoms with Gasteiger partial charge in [-0.25, -0.2) is 9.37 Å². The minimum Gasteiger partial charge on any atom is -0.300 e. The number of hydrogen-bond donors (Lipinski definition) is 0. The Balaban J connectivity index is 1.66. The van der Waals surface area contributed by atoms with Crippen molar-refractivity contribution in [2.45, 2.75) is 23.9 Å². The minimum absolute atomic E-state index is 0.0642. The van der Waals surface area contributed by atoms with Gasteiger partial charge in [-0.1, -0.05) is 23.9 Å². The third-order valence-corrected chi connectivity index (χ3v) is 6.71. The van der Waals surface area contributed by atoms with Crippen LogP contribution in [-0.2, 0) is 5.75 Å². The summed E-state index contributed by atoms with van der Waals surface area (Å²) in [5.41, 5.74) is 1.87. The van der Waals surface area contributed by atoms with Crippen LogP contribution in [0.3, 0.4) is 0 Å². The average Bonchev–Trinajstić information content (AvgIpc) is 3.30. The van der Waals surface area contributed by atoms with Gasteiger partial charge in [-0.05, 0) is 57.4 Å². The van der Waals surface area contributed by atoms with Gasteiger partial charge in [0.05, 0.1) is 22.0 Å². The van der Waals surface area contributed by atoms with Crippen LogP contribution in [0.5, 0.6) is 0 Å². The second-order valence-corrected chi connectivity index (χ2v) is 8.71. The third kappa shape index (κ3) is 3.80. The fraction of sp³-hybridized carbons (Fsp3) is 0.250. The summed E-state index contributed by atoms with van der Waals surface area (Å²) in [6.07, 6.45) is 0. The summed E-state index contributed by atoms with van der Waals surface area (Å²) in [6, 6.07) is 14.6. The molecule has 0 unspecified atom stereocenters. The summed E-state index contributed by atoms with van der Waals surface area (Å²) < 4.78 is 16.6. The maximum absolute atomic E-state index is 13.4. The van der Waals surface area contributed by atoms with Crippen LogP contribution < -0.4 is 0 Å². The lowest BCUT2D eigenvalue weighted by Crippen LogP contribution is -2.20. The van der Waals surface area contributed by atoms with E-state index < -0.39 is 0 Å². The molecule has 0 amide bonds. The van der Waals surface area contributed by atoms with E-state index in [0.717, 1.165) is 27.2 Å². The van der Waals surface area contributed by atoms with Crippen LogP contribution in [-0.4, -0.2) is 38.7 Å². The van der Waals surface area contributed by atoms with Crippen molar-refractivity contribution in [3.8, 4) is 5.69 Å². The molecule has 0 aliphatic rings. The molecule has 2 aromatic heterocycles. The lowest BCUT2D eigenvalue weighted by Gasteiger charge is -2.20. The van der Waals surface area contributed by atoms with Gasteiger partial charge in [0.2, 0.25) is 0 Å². The van der Waals surface area contributed by atoms with Crippen LogP contribution >= 0.6 is 23.1 Å². The maximum Gasteiger partial charge on any atom is 0.196 e. The fourth-order valence-electron chi connectivity index (χ4n) is 2.82. The van der Waals surface area contributed by atoms with Crippen molar-refractivity contribution < 1.29 is 4.39 Å². The molecule has 0 aliphatic carbocycles. The van der Waals surface area contributed by atoms with Gasteiger partial charge in [0, 0.05) is 5.69 Å². The van der Waals surface area contributed by atoms with Gasteiger partial charge in [0.1, 0.15) is 10.8 Å². The lowest BCUT2D eigenvalue weighted by atomic mass is 10.2. The van der Waals surface area contributed by atoms with E-state index in [-0.39, 0.29) is 11.9 Å². The SMILES string of the molecule is C[C@H](c1nnc(SCc2nc3ccccc3s2)n1-c1ccc(F)cc1)N(C)C. The Labute approximate surface area is 171 Å². The highest BCUT2D eigenvalue weighted by atomic mass is 32.2. The highest BCUT2D eigenvalue weighted by Crippen LogP contribution is 2.31. The first-order chi connectivity index (χ1) is 13.5. The van der Waals surface area contributed by atoms with Crippen LogP contribution in [0.4, 0.5) is 4.39 Å². The molecule has 144 valence electrons. The maximum atomic E-state index is 13.4. The molecule has 28 heavy (non-hydrogen) atoms. The Morgan fingerprint density at radius 3 is 2.57 bits per heavy atom. The highest BCUT2D eigenvalue weighted by Gasteiger charge is 2.21. The Morgan fingerprint density at radius 1 is 1.11 bits per heavy atom. The topological polar surface area (TPSA) is 46.8 Å². The molecule has 0 N–H and O–H groups in total. The molecule has 0 saturated heterocycles. The van der Waals surface area contributed by atoms with E-state index in [1.54, 1.807) is 35.2 Å². The Hall–Kier alpha value is -2.29. The average molecular weight is 414 g/mol. The quantitative estimate of drug-likeness (QED) is 0.420. The molecule has 5 nitrogen and oxygen atoms in total. The van der Waals surface area contributed by atoms with Crippen LogP contribution in [0.2, 0.25) is 0 Å². The predicted octanol–water partition coefficient (Wildman–Crippen LogP) is 4.93. The zero-order valence-electron chi connectivity index (χ0n) is 15.8. The van der Waals surface area contributed by atoms with Crippen LogP contribution in [0.15, 0.2) is 53.7 Å². The van der Waals surface area contributed by atoms with Crippen molar-refractivity contribution in [3.05, 3.63) is 65.2 Å². The zero-order chi connectivity index (χ0) is 19.7. The van der Waals surface area contributed by atoms with Gasteiger partial charge in [0.15, 0.2) is 11.0 Å². The summed E-state index contributed by atoms with van der Waals surface area (Å²) >= 11 is 3.28. The van der Waals surface area contributed by atoms with Crippen molar-refractivity contribution in [2.24, 2.45) is 0 Å². The van der Waals surface area contributed by atoms with Gasteiger partial charge in [0.25, 0.3) is 0 Å². The Kier molecular flexibility index (Phi) is 5.43. The van der Waals surface area contributed by atoms with Gasteiger partial charge >= 0.3 is 0 Å². The molecule has 0 saturated carbocycles. The summed E-state index contributed by atoms with van der Waals surface area (Å²) in [5.74, 6) is 1.26. The summed E-state index contributed by atoms with van der Waals surface area (Å²) in [6.45, 7) is 2.08. The van der Waals surface area contributed by atoms with Crippen LogP contribution in [0.25, 0.3) is 15.9 Å². The summed E-state index contributed by atoms with van der Waals surface area (Å²) in [5, 5.41) is 10.7. The number of aromatic nitrogens is 4. The van der Waals surface area contributed by atoms with E-state index >= 15 is 0 Å². The van der Waals surface area contributed by atoms with Crippen molar-refractivity contribution in [1.82, 2.24) is 24.6 Å². The Morgan fingerprint density at radius 2 is 1.86 bits per heavy atom. The number of rotatable bonds is 6. The lowest BCUT2D eigenvalue weighted by molar-refractivity contribution is 0.305. The number of para-hydroxylation sites is 1. The predicted molar refractivity (Wildman–Crippen MR) is 113 cm³/mol. The molecular formula is C20H20FN5S2. The molecule has 1 atom stereocenters. The molecule has 2 aromatic carbocycles. The molecule has 0 bridgehead atoms. The molecule has 2 heterocycles.